The van der Waals surface area contributed by atoms with Gasteiger partial charge in [-0.2, -0.15) is 0 Å². The summed E-state index contributed by atoms with van der Waals surface area (Å²) in [6, 6.07) is 19.8. The van der Waals surface area contributed by atoms with Crippen LogP contribution in [0.15, 0.2) is 83.9 Å². The van der Waals surface area contributed by atoms with E-state index in [1.807, 2.05) is 30.3 Å². The first-order valence-corrected chi connectivity index (χ1v) is 14.6. The second-order valence-corrected chi connectivity index (χ2v) is 12.9. The van der Waals surface area contributed by atoms with Crippen molar-refractivity contribution in [3.63, 3.8) is 0 Å². The van der Waals surface area contributed by atoms with Crippen LogP contribution < -0.4 is 10.0 Å². The van der Waals surface area contributed by atoms with Gasteiger partial charge in [-0.1, -0.05) is 36.4 Å². The molecule has 3 aromatic carbocycles. The molecule has 0 spiro atoms. The van der Waals surface area contributed by atoms with Crippen LogP contribution in [0, 0.1) is 10.1 Å². The highest BCUT2D eigenvalue weighted by Crippen LogP contribution is 2.37. The Hall–Kier alpha value is -4.13. The summed E-state index contributed by atoms with van der Waals surface area (Å²) in [5.41, 5.74) is 1.59. The number of sulfonamides is 1. The van der Waals surface area contributed by atoms with Crippen molar-refractivity contribution in [1.29, 1.82) is 0 Å². The molecule has 4 rings (SSSR count). The number of carbonyl (C=O) groups is 1. The molecule has 2 amide bonds. The van der Waals surface area contributed by atoms with Crippen LogP contribution in [0.5, 0.6) is 0 Å². The molecule has 0 fully saturated rings. The number of hydrogen-bond acceptors (Lipinski definition) is 7. The topological polar surface area (TPSA) is 135 Å². The summed E-state index contributed by atoms with van der Waals surface area (Å²) in [4.78, 5) is 29.9. The average Bonchev–Trinajstić information content (AvgIpc) is 3.38. The summed E-state index contributed by atoms with van der Waals surface area (Å²) in [6.07, 6.45) is 1.57. The number of nitrogens with one attached hydrogen (secondary N) is 2. The lowest BCUT2D eigenvalue weighted by molar-refractivity contribution is -0.384. The van der Waals surface area contributed by atoms with Crippen LogP contribution in [-0.2, 0) is 16.6 Å². The Kier molecular flexibility index (Phi) is 8.33. The van der Waals surface area contributed by atoms with E-state index in [4.69, 9.17) is 0 Å². The number of nitro groups is 1. The third kappa shape index (κ3) is 7.08. The second-order valence-electron chi connectivity index (χ2n) is 10.2. The minimum Gasteiger partial charge on any atom is -0.323 e. The van der Waals surface area contributed by atoms with Gasteiger partial charge in [-0.3, -0.25) is 10.1 Å². The first kappa shape index (κ1) is 28.9. The van der Waals surface area contributed by atoms with Gasteiger partial charge in [0.15, 0.2) is 0 Å². The Bertz CT molecular complexity index is 1630. The number of carbonyl (C=O) groups excluding carboxylic acids is 1. The SMILES string of the molecule is CN(Cc1ccccc1)C(=O)Nc1ccc(-c2cnc(-c3ccc([N+](=O)[O-])cc3)s2)c(S(=O)(=O)NC(C)(C)C)c1. The molecule has 0 unspecified atom stereocenters. The highest BCUT2D eigenvalue weighted by molar-refractivity contribution is 7.89. The van der Waals surface area contributed by atoms with Gasteiger partial charge in [0.2, 0.25) is 10.0 Å². The zero-order chi connectivity index (χ0) is 29.1. The number of nitro benzene ring substituents is 1. The van der Waals surface area contributed by atoms with Crippen molar-refractivity contribution < 1.29 is 18.1 Å². The molecule has 0 saturated carbocycles. The maximum atomic E-state index is 13.5. The fourth-order valence-corrected chi connectivity index (χ4v) is 6.58. The molecule has 12 heteroatoms. The molecule has 0 aliphatic carbocycles. The zero-order valence-electron chi connectivity index (χ0n) is 22.4. The van der Waals surface area contributed by atoms with Crippen LogP contribution in [0.1, 0.15) is 26.3 Å². The standard InChI is InChI=1S/C28H29N5O5S2/c1-28(2,3)31-40(37,38)25-16-21(30-27(34)32(4)18-19-8-6-5-7-9-19)12-15-23(25)24-17-29-26(39-24)20-10-13-22(14-11-20)33(35)36/h5-17,31H,18H2,1-4H3,(H,30,34). The molecule has 0 radical (unpaired) electrons. The Morgan fingerprint density at radius 3 is 2.35 bits per heavy atom. The number of anilines is 1. The molecule has 0 atom stereocenters. The van der Waals surface area contributed by atoms with Crippen LogP contribution in [0.4, 0.5) is 16.2 Å². The van der Waals surface area contributed by atoms with Gasteiger partial charge in [-0.15, -0.1) is 11.3 Å². The van der Waals surface area contributed by atoms with Crippen molar-refractivity contribution >= 4 is 38.8 Å². The van der Waals surface area contributed by atoms with E-state index >= 15 is 0 Å². The van der Waals surface area contributed by atoms with E-state index in [0.29, 0.717) is 33.2 Å². The quantitative estimate of drug-likeness (QED) is 0.191. The maximum Gasteiger partial charge on any atom is 0.321 e. The summed E-state index contributed by atoms with van der Waals surface area (Å²) >= 11 is 1.26. The molecule has 4 aromatic rings. The number of non-ortho nitro benzene ring substituents is 1. The van der Waals surface area contributed by atoms with Gasteiger partial charge in [0.25, 0.3) is 5.69 Å². The molecular formula is C28H29N5O5S2. The summed E-state index contributed by atoms with van der Waals surface area (Å²) in [5.74, 6) is 0. The van der Waals surface area contributed by atoms with Crippen molar-refractivity contribution in [3.8, 4) is 21.0 Å². The number of amides is 2. The second kappa shape index (κ2) is 11.5. The molecule has 208 valence electrons. The highest BCUT2D eigenvalue weighted by Gasteiger charge is 2.27. The molecule has 2 N–H and O–H groups in total. The van der Waals surface area contributed by atoms with Crippen molar-refractivity contribution in [2.24, 2.45) is 0 Å². The maximum absolute atomic E-state index is 13.5. The van der Waals surface area contributed by atoms with E-state index < -0.39 is 20.5 Å². The van der Waals surface area contributed by atoms with E-state index in [1.165, 1.54) is 34.4 Å². The van der Waals surface area contributed by atoms with Crippen molar-refractivity contribution in [1.82, 2.24) is 14.6 Å². The number of nitrogens with zero attached hydrogens (tertiary/aromatic N) is 3. The van der Waals surface area contributed by atoms with Crippen LogP contribution >= 0.6 is 11.3 Å². The smallest absolute Gasteiger partial charge is 0.321 e. The number of benzene rings is 3. The van der Waals surface area contributed by atoms with Crippen molar-refractivity contribution in [3.05, 3.63) is 94.7 Å². The number of rotatable bonds is 8. The van der Waals surface area contributed by atoms with Gasteiger partial charge in [-0.05, 0) is 50.6 Å². The Morgan fingerprint density at radius 1 is 1.05 bits per heavy atom. The Morgan fingerprint density at radius 2 is 1.73 bits per heavy atom. The molecule has 0 aliphatic heterocycles. The van der Waals surface area contributed by atoms with E-state index in [0.717, 1.165) is 5.56 Å². The lowest BCUT2D eigenvalue weighted by Gasteiger charge is -2.22. The van der Waals surface area contributed by atoms with Gasteiger partial charge in [-0.25, -0.2) is 22.9 Å². The molecule has 0 saturated heterocycles. The molecule has 10 nitrogen and oxygen atoms in total. The van der Waals surface area contributed by atoms with Crippen LogP contribution in [-0.4, -0.2) is 41.8 Å². The lowest BCUT2D eigenvalue weighted by atomic mass is 10.1. The van der Waals surface area contributed by atoms with Gasteiger partial charge in [0.05, 0.1) is 14.7 Å². The highest BCUT2D eigenvalue weighted by atomic mass is 32.2. The number of hydrogen-bond donors (Lipinski definition) is 2. The summed E-state index contributed by atoms with van der Waals surface area (Å²) < 4.78 is 29.7. The minimum absolute atomic E-state index is 0.00941. The third-order valence-electron chi connectivity index (χ3n) is 5.67. The fraction of sp³-hybridized carbons (Fsp3) is 0.214. The Labute approximate surface area is 236 Å². The predicted molar refractivity (Wildman–Crippen MR) is 157 cm³/mol. The fourth-order valence-electron chi connectivity index (χ4n) is 3.89. The monoisotopic (exact) mass is 579 g/mol. The Balaban J connectivity index is 1.66. The lowest BCUT2D eigenvalue weighted by Crippen LogP contribution is -2.40. The van der Waals surface area contributed by atoms with Crippen LogP contribution in [0.25, 0.3) is 21.0 Å². The third-order valence-corrected chi connectivity index (χ3v) is 8.55. The predicted octanol–water partition coefficient (Wildman–Crippen LogP) is 6.13. The van der Waals surface area contributed by atoms with E-state index in [9.17, 15) is 23.3 Å². The van der Waals surface area contributed by atoms with Crippen LogP contribution in [0.3, 0.4) is 0 Å². The van der Waals surface area contributed by atoms with E-state index in [2.05, 4.69) is 15.0 Å². The van der Waals surface area contributed by atoms with Gasteiger partial charge >= 0.3 is 6.03 Å². The van der Waals surface area contributed by atoms with Gasteiger partial charge in [0.1, 0.15) is 5.01 Å². The van der Waals surface area contributed by atoms with E-state index in [-0.39, 0.29) is 16.6 Å². The van der Waals surface area contributed by atoms with E-state index in [1.54, 1.807) is 58.3 Å². The molecule has 1 aromatic heterocycles. The molecular weight excluding hydrogens is 550 g/mol. The average molecular weight is 580 g/mol. The number of urea groups is 1. The normalized spacial score (nSPS) is 11.7. The van der Waals surface area contributed by atoms with Gasteiger partial charge in [0, 0.05) is 54.3 Å². The number of thiazole rings is 1. The van der Waals surface area contributed by atoms with Crippen molar-refractivity contribution in [2.75, 3.05) is 12.4 Å². The first-order valence-electron chi connectivity index (χ1n) is 12.3. The van der Waals surface area contributed by atoms with Crippen molar-refractivity contribution in [2.45, 2.75) is 37.8 Å². The summed E-state index contributed by atoms with van der Waals surface area (Å²) in [6.45, 7) is 5.61. The largest absolute Gasteiger partial charge is 0.323 e. The first-order chi connectivity index (χ1) is 18.8. The number of aromatic nitrogens is 1. The van der Waals surface area contributed by atoms with Crippen LogP contribution in [0.2, 0.25) is 0 Å². The molecule has 0 aliphatic rings. The zero-order valence-corrected chi connectivity index (χ0v) is 24.0. The van der Waals surface area contributed by atoms with Gasteiger partial charge < -0.3 is 10.2 Å². The molecule has 40 heavy (non-hydrogen) atoms. The summed E-state index contributed by atoms with van der Waals surface area (Å²) in [7, 11) is -2.35. The molecule has 1 heterocycles. The summed E-state index contributed by atoms with van der Waals surface area (Å²) in [5, 5.41) is 14.4. The minimum atomic E-state index is -4.01. The molecule has 0 bridgehead atoms.